The summed E-state index contributed by atoms with van der Waals surface area (Å²) in [6.45, 7) is 5.00. The Morgan fingerprint density at radius 2 is 1.90 bits per heavy atom. The van der Waals surface area contributed by atoms with Gasteiger partial charge in [0.05, 0.1) is 19.4 Å². The van der Waals surface area contributed by atoms with Crippen LogP contribution in [0.5, 0.6) is 0 Å². The Hall–Kier alpha value is -2.07. The zero-order chi connectivity index (χ0) is 15.1. The molecular weight excluding hydrogens is 264 g/mol. The van der Waals surface area contributed by atoms with Gasteiger partial charge in [0.2, 0.25) is 5.91 Å². The maximum atomic E-state index is 11.9. The highest BCUT2D eigenvalue weighted by Gasteiger charge is 2.16. The molecule has 0 saturated carbocycles. The molecule has 0 aliphatic carbocycles. The number of amides is 1. The molecule has 4 heteroatoms. The number of nitrogens with one attached hydrogen (secondary N) is 2. The molecular formula is C17H22N2O2. The SMILES string of the molecule is CC(C)[C@H](NCC(=O)NCc1ccco1)c1ccccc1. The number of carbonyl (C=O) groups is 1. The predicted molar refractivity (Wildman–Crippen MR) is 82.6 cm³/mol. The van der Waals surface area contributed by atoms with E-state index in [4.69, 9.17) is 4.42 Å². The maximum Gasteiger partial charge on any atom is 0.234 e. The van der Waals surface area contributed by atoms with E-state index in [0.29, 0.717) is 19.0 Å². The van der Waals surface area contributed by atoms with Crippen molar-refractivity contribution in [2.24, 2.45) is 5.92 Å². The normalized spacial score (nSPS) is 12.3. The minimum Gasteiger partial charge on any atom is -0.467 e. The zero-order valence-electron chi connectivity index (χ0n) is 12.5. The van der Waals surface area contributed by atoms with Gasteiger partial charge in [0, 0.05) is 6.04 Å². The average molecular weight is 286 g/mol. The van der Waals surface area contributed by atoms with Crippen molar-refractivity contribution in [2.45, 2.75) is 26.4 Å². The van der Waals surface area contributed by atoms with Crippen molar-refractivity contribution in [1.29, 1.82) is 0 Å². The van der Waals surface area contributed by atoms with Crippen LogP contribution in [-0.4, -0.2) is 12.5 Å². The van der Waals surface area contributed by atoms with Crippen LogP contribution in [0.2, 0.25) is 0 Å². The van der Waals surface area contributed by atoms with Crippen LogP contribution in [0.15, 0.2) is 53.1 Å². The average Bonchev–Trinajstić information content (AvgIpc) is 2.99. The van der Waals surface area contributed by atoms with E-state index in [-0.39, 0.29) is 11.9 Å². The van der Waals surface area contributed by atoms with Crippen LogP contribution in [0.1, 0.15) is 31.2 Å². The standard InChI is InChI=1S/C17H22N2O2/c1-13(2)17(14-7-4-3-5-8-14)19-12-16(20)18-11-15-9-6-10-21-15/h3-10,13,17,19H,11-12H2,1-2H3,(H,18,20)/t17-/m0/s1. The monoisotopic (exact) mass is 286 g/mol. The summed E-state index contributed by atoms with van der Waals surface area (Å²) >= 11 is 0. The fraction of sp³-hybridized carbons (Fsp3) is 0.353. The predicted octanol–water partition coefficient (Wildman–Crippen LogP) is 2.88. The summed E-state index contributed by atoms with van der Waals surface area (Å²) in [6, 6.07) is 14.0. The fourth-order valence-corrected chi connectivity index (χ4v) is 2.26. The first-order valence-corrected chi connectivity index (χ1v) is 7.24. The summed E-state index contributed by atoms with van der Waals surface area (Å²) in [6.07, 6.45) is 1.60. The zero-order valence-corrected chi connectivity index (χ0v) is 12.5. The maximum absolute atomic E-state index is 11.9. The second-order valence-corrected chi connectivity index (χ2v) is 5.37. The van der Waals surface area contributed by atoms with Gasteiger partial charge < -0.3 is 15.1 Å². The molecule has 2 rings (SSSR count). The van der Waals surface area contributed by atoms with E-state index in [9.17, 15) is 4.79 Å². The van der Waals surface area contributed by atoms with E-state index in [1.54, 1.807) is 6.26 Å². The summed E-state index contributed by atoms with van der Waals surface area (Å²) in [4.78, 5) is 11.9. The molecule has 0 radical (unpaired) electrons. The van der Waals surface area contributed by atoms with E-state index in [0.717, 1.165) is 5.76 Å². The number of benzene rings is 1. The van der Waals surface area contributed by atoms with E-state index in [1.165, 1.54) is 5.56 Å². The highest BCUT2D eigenvalue weighted by molar-refractivity contribution is 5.77. The molecule has 1 heterocycles. The molecule has 0 aliphatic heterocycles. The Labute approximate surface area is 125 Å². The van der Waals surface area contributed by atoms with Gasteiger partial charge in [0.1, 0.15) is 5.76 Å². The summed E-state index contributed by atoms with van der Waals surface area (Å²) in [5.74, 6) is 1.13. The van der Waals surface area contributed by atoms with Crippen LogP contribution in [-0.2, 0) is 11.3 Å². The lowest BCUT2D eigenvalue weighted by Gasteiger charge is -2.22. The summed E-state index contributed by atoms with van der Waals surface area (Å²) in [5.41, 5.74) is 1.20. The lowest BCUT2D eigenvalue weighted by molar-refractivity contribution is -0.120. The number of furan rings is 1. The van der Waals surface area contributed by atoms with Crippen molar-refractivity contribution in [3.05, 3.63) is 60.1 Å². The van der Waals surface area contributed by atoms with Crippen molar-refractivity contribution in [3.63, 3.8) is 0 Å². The summed E-state index contributed by atoms with van der Waals surface area (Å²) < 4.78 is 5.18. The molecule has 0 saturated heterocycles. The smallest absolute Gasteiger partial charge is 0.234 e. The molecule has 21 heavy (non-hydrogen) atoms. The Morgan fingerprint density at radius 3 is 2.52 bits per heavy atom. The van der Waals surface area contributed by atoms with E-state index in [1.807, 2.05) is 30.3 Å². The van der Waals surface area contributed by atoms with Crippen LogP contribution in [0.25, 0.3) is 0 Å². The van der Waals surface area contributed by atoms with E-state index >= 15 is 0 Å². The first-order valence-electron chi connectivity index (χ1n) is 7.24. The Bertz CT molecular complexity index is 535. The van der Waals surface area contributed by atoms with Gasteiger partial charge in [0.15, 0.2) is 0 Å². The molecule has 4 nitrogen and oxygen atoms in total. The lowest BCUT2D eigenvalue weighted by atomic mass is 9.96. The number of carbonyl (C=O) groups excluding carboxylic acids is 1. The summed E-state index contributed by atoms with van der Waals surface area (Å²) in [5, 5.41) is 6.16. The second-order valence-electron chi connectivity index (χ2n) is 5.37. The third-order valence-electron chi connectivity index (χ3n) is 3.35. The Balaban J connectivity index is 1.83. The molecule has 1 aromatic carbocycles. The number of hydrogen-bond donors (Lipinski definition) is 2. The van der Waals surface area contributed by atoms with Crippen molar-refractivity contribution in [3.8, 4) is 0 Å². The largest absolute Gasteiger partial charge is 0.467 e. The number of hydrogen-bond acceptors (Lipinski definition) is 3. The number of rotatable bonds is 7. The highest BCUT2D eigenvalue weighted by atomic mass is 16.3. The molecule has 1 aromatic heterocycles. The third-order valence-corrected chi connectivity index (χ3v) is 3.35. The van der Waals surface area contributed by atoms with Gasteiger partial charge in [-0.2, -0.15) is 0 Å². The van der Waals surface area contributed by atoms with E-state index in [2.05, 4.69) is 36.6 Å². The molecule has 0 spiro atoms. The van der Waals surface area contributed by atoms with Crippen LogP contribution in [0.3, 0.4) is 0 Å². The molecule has 112 valence electrons. The minimum atomic E-state index is -0.0343. The third kappa shape index (κ3) is 4.76. The molecule has 0 bridgehead atoms. The van der Waals surface area contributed by atoms with Crippen LogP contribution >= 0.6 is 0 Å². The minimum absolute atomic E-state index is 0.0343. The van der Waals surface area contributed by atoms with E-state index < -0.39 is 0 Å². The molecule has 1 atom stereocenters. The van der Waals surface area contributed by atoms with Gasteiger partial charge in [-0.25, -0.2) is 0 Å². The van der Waals surface area contributed by atoms with Gasteiger partial charge in [-0.15, -0.1) is 0 Å². The molecule has 0 fully saturated rings. The van der Waals surface area contributed by atoms with Crippen LogP contribution in [0.4, 0.5) is 0 Å². The first-order chi connectivity index (χ1) is 10.2. The van der Waals surface area contributed by atoms with Gasteiger partial charge in [-0.05, 0) is 23.6 Å². The molecule has 0 unspecified atom stereocenters. The molecule has 2 aromatic rings. The van der Waals surface area contributed by atoms with Crippen molar-refractivity contribution in [1.82, 2.24) is 10.6 Å². The molecule has 1 amide bonds. The van der Waals surface area contributed by atoms with Gasteiger partial charge in [-0.3, -0.25) is 4.79 Å². The van der Waals surface area contributed by atoms with Crippen molar-refractivity contribution in [2.75, 3.05) is 6.54 Å². The van der Waals surface area contributed by atoms with Crippen molar-refractivity contribution < 1.29 is 9.21 Å². The second kappa shape index (κ2) is 7.64. The van der Waals surface area contributed by atoms with Gasteiger partial charge >= 0.3 is 0 Å². The lowest BCUT2D eigenvalue weighted by Crippen LogP contribution is -2.36. The topological polar surface area (TPSA) is 54.3 Å². The van der Waals surface area contributed by atoms with Crippen LogP contribution in [0, 0.1) is 5.92 Å². The highest BCUT2D eigenvalue weighted by Crippen LogP contribution is 2.20. The summed E-state index contributed by atoms with van der Waals surface area (Å²) in [7, 11) is 0. The van der Waals surface area contributed by atoms with Gasteiger partial charge in [-0.1, -0.05) is 44.2 Å². The van der Waals surface area contributed by atoms with Gasteiger partial charge in [0.25, 0.3) is 0 Å². The Kier molecular flexibility index (Phi) is 5.58. The fourth-order valence-electron chi connectivity index (χ4n) is 2.26. The first kappa shape index (κ1) is 15.3. The molecule has 2 N–H and O–H groups in total. The quantitative estimate of drug-likeness (QED) is 0.823. The van der Waals surface area contributed by atoms with Crippen LogP contribution < -0.4 is 10.6 Å². The van der Waals surface area contributed by atoms with Crippen molar-refractivity contribution >= 4 is 5.91 Å². The molecule has 0 aliphatic rings. The Morgan fingerprint density at radius 1 is 1.14 bits per heavy atom.